The van der Waals surface area contributed by atoms with E-state index in [1.165, 1.54) is 0 Å². The fraction of sp³-hybridized carbons (Fsp3) is 0.188. The first-order valence-corrected chi connectivity index (χ1v) is 6.85. The highest BCUT2D eigenvalue weighted by atomic mass is 16.5. The molecule has 4 rings (SSSR count). The monoisotopic (exact) mass is 282 g/mol. The molecule has 0 saturated heterocycles. The second-order valence-corrected chi connectivity index (χ2v) is 5.30. The van der Waals surface area contributed by atoms with Crippen LogP contribution in [0.1, 0.15) is 17.2 Å². The fourth-order valence-electron chi connectivity index (χ4n) is 2.83. The van der Waals surface area contributed by atoms with Crippen LogP contribution >= 0.6 is 0 Å². The molecule has 0 fully saturated rings. The first kappa shape index (κ1) is 12.2. The lowest BCUT2D eigenvalue weighted by molar-refractivity contribution is 0.0493. The second-order valence-electron chi connectivity index (χ2n) is 5.30. The first-order valence-electron chi connectivity index (χ1n) is 6.85. The van der Waals surface area contributed by atoms with Gasteiger partial charge in [-0.2, -0.15) is 0 Å². The lowest BCUT2D eigenvalue weighted by Crippen LogP contribution is -2.23. The number of rotatable bonds is 2. The number of ether oxygens (including phenoxy) is 1. The average Bonchev–Trinajstić information content (AvgIpc) is 3.07. The normalized spacial score (nSPS) is 18.4. The van der Waals surface area contributed by atoms with Crippen molar-refractivity contribution in [2.24, 2.45) is 0 Å². The summed E-state index contributed by atoms with van der Waals surface area (Å²) >= 11 is 0. The van der Waals surface area contributed by atoms with Gasteiger partial charge in [0, 0.05) is 6.42 Å². The molecular weight excluding hydrogens is 268 g/mol. The van der Waals surface area contributed by atoms with Gasteiger partial charge in [-0.3, -0.25) is 0 Å². The Labute approximate surface area is 120 Å². The molecule has 1 aromatic heterocycles. The third-order valence-electron chi connectivity index (χ3n) is 3.91. The number of hydrogen-bond donors (Lipinski definition) is 3. The molecule has 2 heterocycles. The minimum Gasteiger partial charge on any atom is -0.487 e. The summed E-state index contributed by atoms with van der Waals surface area (Å²) in [5, 5.41) is 10.5. The minimum atomic E-state index is -0.736. The van der Waals surface area contributed by atoms with Crippen LogP contribution in [0.5, 0.6) is 5.75 Å². The van der Waals surface area contributed by atoms with Crippen LogP contribution in [-0.4, -0.2) is 21.2 Å². The fourth-order valence-corrected chi connectivity index (χ4v) is 2.83. The Morgan fingerprint density at radius 1 is 1.14 bits per heavy atom. The molecule has 5 heteroatoms. The predicted octanol–water partition coefficient (Wildman–Crippen LogP) is 1.89. The highest BCUT2D eigenvalue weighted by Crippen LogP contribution is 2.34. The van der Waals surface area contributed by atoms with Crippen molar-refractivity contribution in [2.45, 2.75) is 18.6 Å². The Balaban J connectivity index is 1.65. The van der Waals surface area contributed by atoms with Crippen molar-refractivity contribution in [1.29, 1.82) is 0 Å². The van der Waals surface area contributed by atoms with Crippen LogP contribution in [0.15, 0.2) is 47.3 Å². The molecule has 106 valence electrons. The SMILES string of the molecule is O=c1[nH]c2ccc(C(O)C3Cc4ccccc4O3)cc2[nH]1. The van der Waals surface area contributed by atoms with Crippen LogP contribution in [0.3, 0.4) is 0 Å². The Kier molecular flexibility index (Phi) is 2.62. The van der Waals surface area contributed by atoms with Gasteiger partial charge in [0.25, 0.3) is 0 Å². The predicted molar refractivity (Wildman–Crippen MR) is 78.4 cm³/mol. The van der Waals surface area contributed by atoms with E-state index in [0.717, 1.165) is 22.4 Å². The zero-order chi connectivity index (χ0) is 14.4. The van der Waals surface area contributed by atoms with Gasteiger partial charge in [0.2, 0.25) is 0 Å². The number of para-hydroxylation sites is 1. The van der Waals surface area contributed by atoms with E-state index >= 15 is 0 Å². The number of aromatic amines is 2. The molecule has 0 amide bonds. The minimum absolute atomic E-state index is 0.249. The number of hydrogen-bond acceptors (Lipinski definition) is 3. The van der Waals surface area contributed by atoms with E-state index in [4.69, 9.17) is 4.74 Å². The summed E-state index contributed by atoms with van der Waals surface area (Å²) in [5.74, 6) is 0.831. The zero-order valence-corrected chi connectivity index (χ0v) is 11.2. The van der Waals surface area contributed by atoms with Crippen LogP contribution in [0.2, 0.25) is 0 Å². The number of aliphatic hydroxyl groups is 1. The molecule has 0 aliphatic carbocycles. The molecule has 1 aliphatic rings. The van der Waals surface area contributed by atoms with Crippen molar-refractivity contribution < 1.29 is 9.84 Å². The molecule has 3 aromatic rings. The number of nitrogens with one attached hydrogen (secondary N) is 2. The van der Waals surface area contributed by atoms with E-state index < -0.39 is 6.10 Å². The standard InChI is InChI=1S/C16H14N2O3/c19-15(14-8-9-3-1-2-4-13(9)21-14)10-5-6-11-12(7-10)18-16(20)17-11/h1-7,14-15,19H,8H2,(H2,17,18,20). The average molecular weight is 282 g/mol. The quantitative estimate of drug-likeness (QED) is 0.671. The van der Waals surface area contributed by atoms with E-state index in [1.54, 1.807) is 12.1 Å². The van der Waals surface area contributed by atoms with Gasteiger partial charge in [0.15, 0.2) is 0 Å². The van der Waals surface area contributed by atoms with Gasteiger partial charge in [-0.25, -0.2) is 4.79 Å². The summed E-state index contributed by atoms with van der Waals surface area (Å²) in [6, 6.07) is 13.2. The maximum Gasteiger partial charge on any atom is 0.323 e. The van der Waals surface area contributed by atoms with Gasteiger partial charge < -0.3 is 19.8 Å². The smallest absolute Gasteiger partial charge is 0.323 e. The molecule has 0 spiro atoms. The largest absolute Gasteiger partial charge is 0.487 e. The van der Waals surface area contributed by atoms with E-state index in [2.05, 4.69) is 9.97 Å². The summed E-state index contributed by atoms with van der Waals surface area (Å²) in [6.45, 7) is 0. The Bertz CT molecular complexity index is 840. The number of aliphatic hydroxyl groups excluding tert-OH is 1. The molecule has 0 radical (unpaired) electrons. The molecule has 1 aliphatic heterocycles. The summed E-state index contributed by atoms with van der Waals surface area (Å²) in [7, 11) is 0. The van der Waals surface area contributed by atoms with Gasteiger partial charge in [0.05, 0.1) is 11.0 Å². The molecule has 2 unspecified atom stereocenters. The molecule has 2 atom stereocenters. The summed E-state index contributed by atoms with van der Waals surface area (Å²) in [5.41, 5.74) is 3.01. The molecule has 0 saturated carbocycles. The van der Waals surface area contributed by atoms with Crippen molar-refractivity contribution in [3.8, 4) is 5.75 Å². The molecule has 5 nitrogen and oxygen atoms in total. The van der Waals surface area contributed by atoms with Gasteiger partial charge in [0.1, 0.15) is 18.0 Å². The Morgan fingerprint density at radius 2 is 1.95 bits per heavy atom. The maximum absolute atomic E-state index is 11.3. The highest BCUT2D eigenvalue weighted by Gasteiger charge is 2.30. The van der Waals surface area contributed by atoms with Crippen LogP contribution in [-0.2, 0) is 6.42 Å². The molecule has 0 bridgehead atoms. The van der Waals surface area contributed by atoms with Gasteiger partial charge in [-0.05, 0) is 29.3 Å². The summed E-state index contributed by atoms with van der Waals surface area (Å²) < 4.78 is 5.81. The third-order valence-corrected chi connectivity index (χ3v) is 3.91. The van der Waals surface area contributed by atoms with Crippen molar-refractivity contribution in [3.05, 3.63) is 64.1 Å². The van der Waals surface area contributed by atoms with Crippen LogP contribution in [0, 0.1) is 0 Å². The lowest BCUT2D eigenvalue weighted by Gasteiger charge is -2.18. The van der Waals surface area contributed by atoms with E-state index in [-0.39, 0.29) is 11.8 Å². The van der Waals surface area contributed by atoms with Gasteiger partial charge in [-0.15, -0.1) is 0 Å². The van der Waals surface area contributed by atoms with Crippen LogP contribution in [0.4, 0.5) is 0 Å². The molecule has 21 heavy (non-hydrogen) atoms. The van der Waals surface area contributed by atoms with E-state index in [1.807, 2.05) is 30.3 Å². The third kappa shape index (κ3) is 2.02. The van der Waals surface area contributed by atoms with E-state index in [9.17, 15) is 9.90 Å². The van der Waals surface area contributed by atoms with Crippen LogP contribution < -0.4 is 10.4 Å². The summed E-state index contributed by atoms with van der Waals surface area (Å²) in [4.78, 5) is 16.7. The number of benzene rings is 2. The van der Waals surface area contributed by atoms with Crippen molar-refractivity contribution in [2.75, 3.05) is 0 Å². The van der Waals surface area contributed by atoms with E-state index in [0.29, 0.717) is 11.9 Å². The number of aromatic nitrogens is 2. The van der Waals surface area contributed by atoms with Gasteiger partial charge in [-0.1, -0.05) is 24.3 Å². The molecular formula is C16H14N2O3. The number of imidazole rings is 1. The highest BCUT2D eigenvalue weighted by molar-refractivity contribution is 5.75. The number of H-pyrrole nitrogens is 2. The van der Waals surface area contributed by atoms with Crippen LogP contribution in [0.25, 0.3) is 11.0 Å². The zero-order valence-electron chi connectivity index (χ0n) is 11.2. The second kappa shape index (κ2) is 4.49. The topological polar surface area (TPSA) is 78.1 Å². The number of fused-ring (bicyclic) bond motifs is 2. The molecule has 2 aromatic carbocycles. The Morgan fingerprint density at radius 3 is 2.81 bits per heavy atom. The Hall–Kier alpha value is -2.53. The van der Waals surface area contributed by atoms with Crippen molar-refractivity contribution in [3.63, 3.8) is 0 Å². The first-order chi connectivity index (χ1) is 10.2. The summed E-state index contributed by atoms with van der Waals surface area (Å²) in [6.07, 6.45) is -0.357. The lowest BCUT2D eigenvalue weighted by atomic mass is 10.00. The van der Waals surface area contributed by atoms with Crippen molar-refractivity contribution >= 4 is 11.0 Å². The van der Waals surface area contributed by atoms with Gasteiger partial charge >= 0.3 is 5.69 Å². The molecule has 3 N–H and O–H groups in total. The van der Waals surface area contributed by atoms with Crippen molar-refractivity contribution in [1.82, 2.24) is 9.97 Å². The maximum atomic E-state index is 11.3.